The molecular weight excluding hydrogens is 179 g/mol. The van der Waals surface area contributed by atoms with Crippen LogP contribution in [0.2, 0.25) is 0 Å². The van der Waals surface area contributed by atoms with Gasteiger partial charge in [0.05, 0.1) is 7.80 Å². The zero-order valence-electron chi connectivity index (χ0n) is 8.85. The predicted octanol–water partition coefficient (Wildman–Crippen LogP) is 4.07. The first-order chi connectivity index (χ1) is 6.34. The topological polar surface area (TPSA) is 17.1 Å². The van der Waals surface area contributed by atoms with E-state index in [2.05, 4.69) is 6.92 Å². The molecule has 1 atom stereocenters. The van der Waals surface area contributed by atoms with Crippen molar-refractivity contribution in [2.24, 2.45) is 0 Å². The second-order valence-corrected chi connectivity index (χ2v) is 6.51. The van der Waals surface area contributed by atoms with Gasteiger partial charge in [0.1, 0.15) is 0 Å². The van der Waals surface area contributed by atoms with Crippen LogP contribution >= 0.6 is 7.80 Å². The molecule has 0 saturated heterocycles. The molecule has 1 nitrogen and oxygen atoms in total. The van der Waals surface area contributed by atoms with Crippen molar-refractivity contribution < 1.29 is 4.57 Å². The Morgan fingerprint density at radius 1 is 1.15 bits per heavy atom. The van der Waals surface area contributed by atoms with Gasteiger partial charge in [-0.25, -0.2) is 0 Å². The third-order valence-corrected chi connectivity index (χ3v) is 5.42. The summed E-state index contributed by atoms with van der Waals surface area (Å²) in [6.07, 6.45) is 11.3. The molecule has 0 N–H and O–H groups in total. The summed E-state index contributed by atoms with van der Waals surface area (Å²) in [5, 5.41) is 0. The van der Waals surface area contributed by atoms with Crippen LogP contribution in [0.5, 0.6) is 0 Å². The Balaban J connectivity index is 2.13. The van der Waals surface area contributed by atoms with E-state index < -0.39 is 7.80 Å². The smallest absolute Gasteiger partial charge is 0.0791 e. The Bertz CT molecular complexity index is 150. The Morgan fingerprint density at radius 3 is 2.46 bits per heavy atom. The molecule has 1 rings (SSSR count). The zero-order valence-corrected chi connectivity index (χ0v) is 9.85. The lowest BCUT2D eigenvalue weighted by Gasteiger charge is -2.20. The van der Waals surface area contributed by atoms with Gasteiger partial charge in [-0.3, -0.25) is 0 Å². The molecule has 1 aliphatic carbocycles. The van der Waals surface area contributed by atoms with Crippen LogP contribution < -0.4 is 0 Å². The molecule has 1 unspecified atom stereocenters. The van der Waals surface area contributed by atoms with Crippen LogP contribution in [0.1, 0.15) is 58.3 Å². The fourth-order valence-corrected chi connectivity index (χ4v) is 4.24. The SMILES string of the molecule is CCCCC[PH](=O)C1CCCCC1. The van der Waals surface area contributed by atoms with Crippen LogP contribution in [0.4, 0.5) is 0 Å². The molecule has 13 heavy (non-hydrogen) atoms. The van der Waals surface area contributed by atoms with Crippen LogP contribution in [0.3, 0.4) is 0 Å². The molecule has 0 aromatic heterocycles. The highest BCUT2D eigenvalue weighted by Crippen LogP contribution is 2.38. The number of hydrogen-bond donors (Lipinski definition) is 0. The van der Waals surface area contributed by atoms with E-state index in [1.165, 1.54) is 51.4 Å². The van der Waals surface area contributed by atoms with E-state index in [0.717, 1.165) is 6.16 Å². The van der Waals surface area contributed by atoms with E-state index in [4.69, 9.17) is 0 Å². The summed E-state index contributed by atoms with van der Waals surface area (Å²) < 4.78 is 11.9. The lowest BCUT2D eigenvalue weighted by Crippen LogP contribution is -2.08. The second kappa shape index (κ2) is 6.65. The van der Waals surface area contributed by atoms with Crippen molar-refractivity contribution in [3.8, 4) is 0 Å². The first-order valence-electron chi connectivity index (χ1n) is 5.87. The van der Waals surface area contributed by atoms with Crippen LogP contribution in [-0.4, -0.2) is 11.8 Å². The lowest BCUT2D eigenvalue weighted by molar-refractivity contribution is 0.490. The highest BCUT2D eigenvalue weighted by molar-refractivity contribution is 7.45. The standard InChI is InChI=1S/C11H23OP/c1-2-3-7-10-13(12)11-8-5-4-6-9-11/h11,13H,2-10H2,1H3. The molecule has 0 amide bonds. The van der Waals surface area contributed by atoms with Gasteiger partial charge in [0.2, 0.25) is 0 Å². The monoisotopic (exact) mass is 202 g/mol. The van der Waals surface area contributed by atoms with Crippen LogP contribution in [0, 0.1) is 0 Å². The van der Waals surface area contributed by atoms with E-state index in [9.17, 15) is 4.57 Å². The van der Waals surface area contributed by atoms with Gasteiger partial charge in [-0.15, -0.1) is 0 Å². The van der Waals surface area contributed by atoms with Gasteiger partial charge in [0.25, 0.3) is 0 Å². The summed E-state index contributed by atoms with van der Waals surface area (Å²) in [5.74, 6) is 0. The molecule has 0 aromatic carbocycles. The third-order valence-electron chi connectivity index (χ3n) is 3.09. The normalized spacial score (nSPS) is 21.6. The Morgan fingerprint density at radius 2 is 1.85 bits per heavy atom. The summed E-state index contributed by atoms with van der Waals surface area (Å²) >= 11 is 0. The fourth-order valence-electron chi connectivity index (χ4n) is 2.18. The highest BCUT2D eigenvalue weighted by Gasteiger charge is 2.18. The molecule has 0 aliphatic heterocycles. The minimum Gasteiger partial charge on any atom is -0.327 e. The van der Waals surface area contributed by atoms with Crippen molar-refractivity contribution in [1.82, 2.24) is 0 Å². The van der Waals surface area contributed by atoms with Gasteiger partial charge in [0.15, 0.2) is 0 Å². The molecule has 0 spiro atoms. The summed E-state index contributed by atoms with van der Waals surface area (Å²) in [5.41, 5.74) is 0.621. The molecule has 1 aliphatic rings. The van der Waals surface area contributed by atoms with Crippen LogP contribution in [0.25, 0.3) is 0 Å². The molecule has 0 heterocycles. The Kier molecular flexibility index (Phi) is 5.78. The highest BCUT2D eigenvalue weighted by atomic mass is 31.1. The Hall–Kier alpha value is 0.230. The van der Waals surface area contributed by atoms with Gasteiger partial charge in [-0.1, -0.05) is 39.0 Å². The van der Waals surface area contributed by atoms with Gasteiger partial charge >= 0.3 is 0 Å². The predicted molar refractivity (Wildman–Crippen MR) is 60.3 cm³/mol. The maximum Gasteiger partial charge on any atom is 0.0791 e. The first kappa shape index (κ1) is 11.3. The largest absolute Gasteiger partial charge is 0.327 e. The molecule has 0 aromatic rings. The van der Waals surface area contributed by atoms with E-state index in [1.807, 2.05) is 0 Å². The lowest BCUT2D eigenvalue weighted by atomic mass is 10.0. The van der Waals surface area contributed by atoms with E-state index in [-0.39, 0.29) is 0 Å². The van der Waals surface area contributed by atoms with Gasteiger partial charge < -0.3 is 4.57 Å². The molecule has 1 saturated carbocycles. The van der Waals surface area contributed by atoms with Crippen molar-refractivity contribution in [1.29, 1.82) is 0 Å². The summed E-state index contributed by atoms with van der Waals surface area (Å²) in [7, 11) is -1.21. The van der Waals surface area contributed by atoms with Gasteiger partial charge in [0, 0.05) is 5.66 Å². The molecule has 78 valence electrons. The van der Waals surface area contributed by atoms with Crippen molar-refractivity contribution in [2.45, 2.75) is 63.9 Å². The summed E-state index contributed by atoms with van der Waals surface area (Å²) in [6.45, 7) is 2.21. The average Bonchev–Trinajstić information content (AvgIpc) is 2.19. The van der Waals surface area contributed by atoms with Crippen molar-refractivity contribution in [2.75, 3.05) is 6.16 Å². The average molecular weight is 202 g/mol. The minimum absolute atomic E-state index is 0.621. The fraction of sp³-hybridized carbons (Fsp3) is 1.00. The molecule has 2 heteroatoms. The van der Waals surface area contributed by atoms with E-state index >= 15 is 0 Å². The van der Waals surface area contributed by atoms with Crippen molar-refractivity contribution in [3.05, 3.63) is 0 Å². The molecule has 1 fully saturated rings. The van der Waals surface area contributed by atoms with E-state index in [0.29, 0.717) is 5.66 Å². The molecular formula is C11H23OP. The zero-order chi connectivity index (χ0) is 9.52. The second-order valence-electron chi connectivity index (χ2n) is 4.26. The molecule has 0 radical (unpaired) electrons. The van der Waals surface area contributed by atoms with E-state index in [1.54, 1.807) is 0 Å². The maximum atomic E-state index is 11.9. The minimum atomic E-state index is -1.21. The molecule has 0 bridgehead atoms. The van der Waals surface area contributed by atoms with Crippen LogP contribution in [-0.2, 0) is 4.57 Å². The number of unbranched alkanes of at least 4 members (excludes halogenated alkanes) is 2. The van der Waals surface area contributed by atoms with Gasteiger partial charge in [-0.2, -0.15) is 0 Å². The van der Waals surface area contributed by atoms with Crippen molar-refractivity contribution in [3.63, 3.8) is 0 Å². The first-order valence-corrected chi connectivity index (χ1v) is 7.56. The number of hydrogen-bond acceptors (Lipinski definition) is 1. The van der Waals surface area contributed by atoms with Crippen molar-refractivity contribution >= 4 is 7.80 Å². The van der Waals surface area contributed by atoms with Gasteiger partial charge in [-0.05, 0) is 25.4 Å². The third kappa shape index (κ3) is 4.31. The Labute approximate surface area is 83.1 Å². The number of rotatable bonds is 5. The summed E-state index contributed by atoms with van der Waals surface area (Å²) in [4.78, 5) is 0. The summed E-state index contributed by atoms with van der Waals surface area (Å²) in [6, 6.07) is 0. The maximum absolute atomic E-state index is 11.9. The quantitative estimate of drug-likeness (QED) is 0.485. The van der Waals surface area contributed by atoms with Crippen LogP contribution in [0.15, 0.2) is 0 Å².